The van der Waals surface area contributed by atoms with Gasteiger partial charge in [0.2, 0.25) is 0 Å². The van der Waals surface area contributed by atoms with Crippen LogP contribution in [0.2, 0.25) is 0 Å². The maximum Gasteiger partial charge on any atom is 0.0777 e. The number of fused-ring (bicyclic) bond motifs is 1. The van der Waals surface area contributed by atoms with Crippen LogP contribution in [-0.4, -0.2) is 45.8 Å². The Morgan fingerprint density at radius 3 is 2.70 bits per heavy atom. The van der Waals surface area contributed by atoms with Crippen LogP contribution in [0.1, 0.15) is 79.6 Å². The van der Waals surface area contributed by atoms with E-state index in [1.165, 1.54) is 24.8 Å². The molecule has 0 amide bonds. The number of ether oxygens (including phenoxy) is 1. The highest BCUT2D eigenvalue weighted by Gasteiger charge is 2.50. The molecular weight excluding hydrogens is 376 g/mol. The Bertz CT molecular complexity index is 698. The molecule has 0 aromatic rings. The van der Waals surface area contributed by atoms with E-state index < -0.39 is 17.8 Å². The Hall–Kier alpha value is -0.940. The molecule has 0 aliphatic heterocycles. The summed E-state index contributed by atoms with van der Waals surface area (Å²) in [6.07, 6.45) is 12.3. The van der Waals surface area contributed by atoms with Crippen LogP contribution in [-0.2, 0) is 4.74 Å². The number of hydrogen-bond acceptors (Lipinski definition) is 4. The van der Waals surface area contributed by atoms with Crippen molar-refractivity contribution in [3.63, 3.8) is 0 Å². The molecule has 3 aliphatic rings. The van der Waals surface area contributed by atoms with E-state index in [1.807, 2.05) is 20.8 Å². The molecule has 3 aliphatic carbocycles. The predicted molar refractivity (Wildman–Crippen MR) is 121 cm³/mol. The van der Waals surface area contributed by atoms with E-state index in [0.29, 0.717) is 37.7 Å². The van der Waals surface area contributed by atoms with Crippen molar-refractivity contribution in [3.8, 4) is 0 Å². The van der Waals surface area contributed by atoms with Gasteiger partial charge in [0.1, 0.15) is 0 Å². The first kappa shape index (κ1) is 23.7. The maximum absolute atomic E-state index is 10.2. The van der Waals surface area contributed by atoms with E-state index in [-0.39, 0.29) is 11.5 Å². The van der Waals surface area contributed by atoms with Gasteiger partial charge < -0.3 is 20.1 Å². The van der Waals surface area contributed by atoms with Gasteiger partial charge in [0, 0.05) is 13.0 Å². The van der Waals surface area contributed by atoms with Gasteiger partial charge in [-0.15, -0.1) is 0 Å². The predicted octanol–water partition coefficient (Wildman–Crippen LogP) is 4.69. The molecule has 3 N–H and O–H groups in total. The molecule has 0 unspecified atom stereocenters. The summed E-state index contributed by atoms with van der Waals surface area (Å²) >= 11 is 0. The lowest BCUT2D eigenvalue weighted by Gasteiger charge is -2.42. The summed E-state index contributed by atoms with van der Waals surface area (Å²) in [6.45, 7) is 10.9. The zero-order valence-corrected chi connectivity index (χ0v) is 19.5. The van der Waals surface area contributed by atoms with Gasteiger partial charge in [-0.05, 0) is 100 Å². The highest BCUT2D eigenvalue weighted by atomic mass is 16.5. The summed E-state index contributed by atoms with van der Waals surface area (Å²) in [4.78, 5) is 0. The van der Waals surface area contributed by atoms with Crippen LogP contribution in [0.15, 0.2) is 34.9 Å². The van der Waals surface area contributed by atoms with Gasteiger partial charge in [-0.2, -0.15) is 0 Å². The van der Waals surface area contributed by atoms with Crippen molar-refractivity contribution in [2.24, 2.45) is 17.3 Å². The number of aliphatic hydroxyl groups excluding tert-OH is 2. The molecule has 0 radical (unpaired) electrons. The summed E-state index contributed by atoms with van der Waals surface area (Å²) in [5.41, 5.74) is 3.03. The van der Waals surface area contributed by atoms with Crippen molar-refractivity contribution >= 4 is 0 Å². The van der Waals surface area contributed by atoms with Crippen LogP contribution in [0, 0.1) is 17.3 Å². The van der Waals surface area contributed by atoms with E-state index in [2.05, 4.69) is 32.1 Å². The summed E-state index contributed by atoms with van der Waals surface area (Å²) in [7, 11) is 0. The van der Waals surface area contributed by atoms with Crippen molar-refractivity contribution in [2.75, 3.05) is 6.61 Å². The van der Waals surface area contributed by atoms with Crippen LogP contribution < -0.4 is 0 Å². The molecule has 1 fully saturated rings. The lowest BCUT2D eigenvalue weighted by atomic mass is 9.64. The summed E-state index contributed by atoms with van der Waals surface area (Å²) in [5, 5.41) is 30.2. The fourth-order valence-electron chi connectivity index (χ4n) is 5.97. The van der Waals surface area contributed by atoms with Gasteiger partial charge in [0.15, 0.2) is 0 Å². The molecule has 4 nitrogen and oxygen atoms in total. The van der Waals surface area contributed by atoms with Crippen LogP contribution in [0.25, 0.3) is 0 Å². The molecule has 4 heteroatoms. The Balaban J connectivity index is 1.68. The highest BCUT2D eigenvalue weighted by molar-refractivity contribution is 5.37. The molecule has 0 bridgehead atoms. The zero-order chi connectivity index (χ0) is 22.1. The lowest BCUT2D eigenvalue weighted by Crippen LogP contribution is -2.38. The summed E-state index contributed by atoms with van der Waals surface area (Å²) < 4.78 is 6.18. The van der Waals surface area contributed by atoms with E-state index in [4.69, 9.17) is 4.74 Å². The molecule has 1 saturated carbocycles. The van der Waals surface area contributed by atoms with Crippen molar-refractivity contribution in [3.05, 3.63) is 34.9 Å². The SMILES string of the molecule is CC1=C(/C=C\C2=CCC[C@]3(C)[C@@H]([C@H](C)OCCC(C)(C)O)CC[C@@H]23)C[C@@H](O)C[C@@H]1O. The third-order valence-electron chi connectivity index (χ3n) is 7.97. The largest absolute Gasteiger partial charge is 0.393 e. The molecule has 6 atom stereocenters. The normalized spacial score (nSPS) is 36.2. The standard InChI is InChI=1S/C26H42O4/c1-17-20(15-21(27)16-24(17)28)9-8-19-7-6-12-26(5)22(10-11-23(19)26)18(2)30-14-13-25(3,4)29/h7-9,18,21-24,27-29H,6,10-16H2,1-5H3/b9-8-/t18-,21+,22+,23-,24-,26+/m0/s1. The second kappa shape index (κ2) is 9.28. The van der Waals surface area contributed by atoms with Gasteiger partial charge in [0.25, 0.3) is 0 Å². The van der Waals surface area contributed by atoms with Crippen molar-refractivity contribution in [2.45, 2.75) is 103 Å². The summed E-state index contributed by atoms with van der Waals surface area (Å²) in [6, 6.07) is 0. The minimum Gasteiger partial charge on any atom is -0.393 e. The average molecular weight is 419 g/mol. The Morgan fingerprint density at radius 2 is 2.00 bits per heavy atom. The molecule has 3 rings (SSSR count). The number of aliphatic hydroxyl groups is 3. The molecule has 30 heavy (non-hydrogen) atoms. The third kappa shape index (κ3) is 5.27. The fourth-order valence-corrected chi connectivity index (χ4v) is 5.97. The van der Waals surface area contributed by atoms with E-state index in [0.717, 1.165) is 17.6 Å². The molecule has 0 heterocycles. The first-order chi connectivity index (χ1) is 14.0. The van der Waals surface area contributed by atoms with Crippen LogP contribution in [0.3, 0.4) is 0 Å². The van der Waals surface area contributed by atoms with Gasteiger partial charge in [-0.1, -0.05) is 25.2 Å². The van der Waals surface area contributed by atoms with Crippen LogP contribution in [0.5, 0.6) is 0 Å². The highest BCUT2D eigenvalue weighted by Crippen LogP contribution is 2.57. The minimum atomic E-state index is -0.680. The molecular formula is C26H42O4. The van der Waals surface area contributed by atoms with E-state index in [9.17, 15) is 15.3 Å². The third-order valence-corrected chi connectivity index (χ3v) is 7.97. The van der Waals surface area contributed by atoms with Gasteiger partial charge in [-0.25, -0.2) is 0 Å². The van der Waals surface area contributed by atoms with Gasteiger partial charge >= 0.3 is 0 Å². The lowest BCUT2D eigenvalue weighted by molar-refractivity contribution is -0.0432. The van der Waals surface area contributed by atoms with Gasteiger partial charge in [0.05, 0.1) is 23.9 Å². The minimum absolute atomic E-state index is 0.194. The fraction of sp³-hybridized carbons (Fsp3) is 0.769. The zero-order valence-electron chi connectivity index (χ0n) is 19.5. The average Bonchev–Trinajstić information content (AvgIpc) is 3.00. The first-order valence-electron chi connectivity index (χ1n) is 11.8. The molecule has 0 aromatic carbocycles. The van der Waals surface area contributed by atoms with Crippen LogP contribution in [0.4, 0.5) is 0 Å². The second-order valence-electron chi connectivity index (χ2n) is 10.8. The first-order valence-corrected chi connectivity index (χ1v) is 11.8. The van der Waals surface area contributed by atoms with E-state index >= 15 is 0 Å². The van der Waals surface area contributed by atoms with Crippen molar-refractivity contribution < 1.29 is 20.1 Å². The molecule has 0 aromatic heterocycles. The number of hydrogen-bond donors (Lipinski definition) is 3. The quantitative estimate of drug-likeness (QED) is 0.561. The van der Waals surface area contributed by atoms with Gasteiger partial charge in [-0.3, -0.25) is 0 Å². The Labute approximate surface area is 182 Å². The Kier molecular flexibility index (Phi) is 7.33. The summed E-state index contributed by atoms with van der Waals surface area (Å²) in [5.74, 6) is 1.06. The van der Waals surface area contributed by atoms with Crippen LogP contribution >= 0.6 is 0 Å². The smallest absolute Gasteiger partial charge is 0.0777 e. The number of rotatable bonds is 7. The monoisotopic (exact) mass is 418 g/mol. The van der Waals surface area contributed by atoms with Crippen molar-refractivity contribution in [1.82, 2.24) is 0 Å². The molecule has 0 spiro atoms. The second-order valence-corrected chi connectivity index (χ2v) is 10.8. The molecule has 170 valence electrons. The number of allylic oxidation sites excluding steroid dienone is 4. The van der Waals surface area contributed by atoms with E-state index in [1.54, 1.807) is 0 Å². The van der Waals surface area contributed by atoms with Crippen molar-refractivity contribution in [1.29, 1.82) is 0 Å². The molecule has 0 saturated heterocycles. The topological polar surface area (TPSA) is 69.9 Å². The maximum atomic E-state index is 10.2. The Morgan fingerprint density at radius 1 is 1.27 bits per heavy atom.